The second kappa shape index (κ2) is 7.90. The number of benzene rings is 2. The summed E-state index contributed by atoms with van der Waals surface area (Å²) in [4.78, 5) is 17.7. The average molecular weight is 395 g/mol. The van der Waals surface area contributed by atoms with Crippen molar-refractivity contribution in [2.75, 3.05) is 24.8 Å². The van der Waals surface area contributed by atoms with Crippen LogP contribution in [-0.2, 0) is 11.4 Å². The standard InChI is InChI=1S/C21H21N3O3S/c1-22-21-24-20-19(28-21)15(11-18(25)23-20)14-8-9-16(26-2)17(10-14)27-12-13-6-4-3-5-7-13/h3-10,15H,11-12H2,1-2H3,(H,22,24)(H,23,25)/t15-/m1/s1. The molecule has 0 unspecified atom stereocenters. The predicted octanol–water partition coefficient (Wildman–Crippen LogP) is 4.25. The second-order valence-corrected chi connectivity index (χ2v) is 7.50. The molecule has 2 heterocycles. The Labute approximate surface area is 167 Å². The zero-order chi connectivity index (χ0) is 19.5. The highest BCUT2D eigenvalue weighted by Gasteiger charge is 2.30. The Bertz CT molecular complexity index is 988. The van der Waals surface area contributed by atoms with Crippen LogP contribution >= 0.6 is 11.3 Å². The lowest BCUT2D eigenvalue weighted by Gasteiger charge is -2.22. The number of anilines is 2. The molecule has 0 spiro atoms. The highest BCUT2D eigenvalue weighted by molar-refractivity contribution is 7.16. The lowest BCUT2D eigenvalue weighted by molar-refractivity contribution is -0.116. The average Bonchev–Trinajstić information content (AvgIpc) is 3.15. The van der Waals surface area contributed by atoms with Crippen LogP contribution in [0.4, 0.5) is 10.9 Å². The van der Waals surface area contributed by atoms with E-state index >= 15 is 0 Å². The topological polar surface area (TPSA) is 72.5 Å². The minimum absolute atomic E-state index is 0.0342. The van der Waals surface area contributed by atoms with E-state index in [1.807, 2.05) is 55.6 Å². The van der Waals surface area contributed by atoms with Crippen LogP contribution in [0.5, 0.6) is 11.5 Å². The largest absolute Gasteiger partial charge is 0.493 e. The van der Waals surface area contributed by atoms with Gasteiger partial charge in [-0.3, -0.25) is 4.79 Å². The number of amides is 1. The van der Waals surface area contributed by atoms with Gasteiger partial charge in [0.25, 0.3) is 0 Å². The molecule has 0 aliphatic carbocycles. The highest BCUT2D eigenvalue weighted by Crippen LogP contribution is 2.44. The van der Waals surface area contributed by atoms with Gasteiger partial charge in [0.1, 0.15) is 12.4 Å². The first-order chi connectivity index (χ1) is 13.7. The maximum absolute atomic E-state index is 12.2. The van der Waals surface area contributed by atoms with Crippen molar-refractivity contribution in [1.82, 2.24) is 4.98 Å². The minimum Gasteiger partial charge on any atom is -0.493 e. The first kappa shape index (κ1) is 18.3. The lowest BCUT2D eigenvalue weighted by Crippen LogP contribution is -2.22. The van der Waals surface area contributed by atoms with E-state index in [0.29, 0.717) is 30.3 Å². The van der Waals surface area contributed by atoms with Crippen LogP contribution in [0.15, 0.2) is 48.5 Å². The fraction of sp³-hybridized carbons (Fsp3) is 0.238. The molecule has 1 aromatic heterocycles. The fourth-order valence-electron chi connectivity index (χ4n) is 3.25. The van der Waals surface area contributed by atoms with E-state index in [1.165, 1.54) is 0 Å². The number of rotatable bonds is 6. The summed E-state index contributed by atoms with van der Waals surface area (Å²) in [6, 6.07) is 15.8. The molecule has 28 heavy (non-hydrogen) atoms. The number of aromatic nitrogens is 1. The molecule has 1 aliphatic heterocycles. The fourth-order valence-corrected chi connectivity index (χ4v) is 4.26. The number of nitrogens with zero attached hydrogens (tertiary/aromatic N) is 1. The third-order valence-corrected chi connectivity index (χ3v) is 5.84. The molecule has 2 N–H and O–H groups in total. The number of methoxy groups -OCH3 is 1. The SMILES string of the molecule is CNc1nc2c(s1)[C@@H](c1ccc(OC)c(OCc3ccccc3)c1)CC(=O)N2. The molecule has 1 amide bonds. The van der Waals surface area contributed by atoms with Gasteiger partial charge in [-0.15, -0.1) is 0 Å². The lowest BCUT2D eigenvalue weighted by atomic mass is 9.91. The van der Waals surface area contributed by atoms with E-state index in [-0.39, 0.29) is 11.8 Å². The molecule has 4 rings (SSSR count). The highest BCUT2D eigenvalue weighted by atomic mass is 32.1. The summed E-state index contributed by atoms with van der Waals surface area (Å²) in [7, 11) is 3.45. The number of ether oxygens (including phenoxy) is 2. The van der Waals surface area contributed by atoms with Crippen LogP contribution in [0, 0.1) is 0 Å². The van der Waals surface area contributed by atoms with E-state index in [9.17, 15) is 4.79 Å². The Kier molecular flexibility index (Phi) is 5.16. The molecule has 0 fully saturated rings. The van der Waals surface area contributed by atoms with Gasteiger partial charge in [0, 0.05) is 19.4 Å². The first-order valence-electron chi connectivity index (χ1n) is 9.01. The number of carbonyl (C=O) groups excluding carboxylic acids is 1. The molecule has 0 saturated carbocycles. The molecular weight excluding hydrogens is 374 g/mol. The van der Waals surface area contributed by atoms with Gasteiger partial charge in [-0.05, 0) is 23.3 Å². The molecule has 7 heteroatoms. The van der Waals surface area contributed by atoms with Gasteiger partial charge in [0.05, 0.1) is 12.0 Å². The maximum Gasteiger partial charge on any atom is 0.226 e. The van der Waals surface area contributed by atoms with E-state index in [1.54, 1.807) is 18.4 Å². The molecule has 3 aromatic rings. The number of nitrogens with one attached hydrogen (secondary N) is 2. The monoisotopic (exact) mass is 395 g/mol. The molecule has 0 radical (unpaired) electrons. The third-order valence-electron chi connectivity index (χ3n) is 4.66. The van der Waals surface area contributed by atoms with Gasteiger partial charge >= 0.3 is 0 Å². The Morgan fingerprint density at radius 2 is 2.04 bits per heavy atom. The van der Waals surface area contributed by atoms with Gasteiger partial charge in [-0.25, -0.2) is 4.98 Å². The molecule has 0 bridgehead atoms. The molecule has 0 saturated heterocycles. The molecule has 2 aromatic carbocycles. The first-order valence-corrected chi connectivity index (χ1v) is 9.82. The van der Waals surface area contributed by atoms with Gasteiger partial charge in [0.15, 0.2) is 16.6 Å². The zero-order valence-corrected chi connectivity index (χ0v) is 16.5. The second-order valence-electron chi connectivity index (χ2n) is 6.47. The summed E-state index contributed by atoms with van der Waals surface area (Å²) >= 11 is 1.56. The summed E-state index contributed by atoms with van der Waals surface area (Å²) in [6.07, 6.45) is 0.378. The van der Waals surface area contributed by atoms with Gasteiger partial charge < -0.3 is 20.1 Å². The van der Waals surface area contributed by atoms with Gasteiger partial charge in [0.2, 0.25) is 5.91 Å². The Hall–Kier alpha value is -3.06. The molecule has 144 valence electrons. The number of fused-ring (bicyclic) bond motifs is 1. The molecular formula is C21H21N3O3S. The summed E-state index contributed by atoms with van der Waals surface area (Å²) in [5.41, 5.74) is 2.08. The molecule has 1 atom stereocenters. The minimum atomic E-state index is -0.0617. The van der Waals surface area contributed by atoms with Crippen molar-refractivity contribution in [3.63, 3.8) is 0 Å². The number of carbonyl (C=O) groups is 1. The molecule has 1 aliphatic rings. The maximum atomic E-state index is 12.2. The third kappa shape index (κ3) is 3.66. The van der Waals surface area contributed by atoms with Crippen molar-refractivity contribution >= 4 is 28.2 Å². The van der Waals surface area contributed by atoms with Crippen molar-refractivity contribution in [2.24, 2.45) is 0 Å². The van der Waals surface area contributed by atoms with Crippen LogP contribution in [0.2, 0.25) is 0 Å². The number of thiazole rings is 1. The Morgan fingerprint density at radius 3 is 2.79 bits per heavy atom. The van der Waals surface area contributed by atoms with Crippen molar-refractivity contribution in [1.29, 1.82) is 0 Å². The van der Waals surface area contributed by atoms with E-state index in [4.69, 9.17) is 9.47 Å². The van der Waals surface area contributed by atoms with Crippen molar-refractivity contribution in [3.8, 4) is 11.5 Å². The van der Waals surface area contributed by atoms with Crippen LogP contribution in [0.25, 0.3) is 0 Å². The number of hydrogen-bond donors (Lipinski definition) is 2. The van der Waals surface area contributed by atoms with E-state index < -0.39 is 0 Å². The molecule has 6 nitrogen and oxygen atoms in total. The van der Waals surface area contributed by atoms with Crippen molar-refractivity contribution < 1.29 is 14.3 Å². The Morgan fingerprint density at radius 1 is 1.21 bits per heavy atom. The predicted molar refractivity (Wildman–Crippen MR) is 111 cm³/mol. The van der Waals surface area contributed by atoms with E-state index in [2.05, 4.69) is 15.6 Å². The summed E-state index contributed by atoms with van der Waals surface area (Å²) in [5.74, 6) is 1.87. The smallest absolute Gasteiger partial charge is 0.226 e. The van der Waals surface area contributed by atoms with Crippen LogP contribution in [0.3, 0.4) is 0 Å². The van der Waals surface area contributed by atoms with Crippen LogP contribution in [-0.4, -0.2) is 25.0 Å². The van der Waals surface area contributed by atoms with Gasteiger partial charge in [-0.2, -0.15) is 0 Å². The zero-order valence-electron chi connectivity index (χ0n) is 15.7. The Balaban J connectivity index is 1.65. The van der Waals surface area contributed by atoms with Gasteiger partial charge in [-0.1, -0.05) is 47.7 Å². The van der Waals surface area contributed by atoms with E-state index in [0.717, 1.165) is 21.1 Å². The van der Waals surface area contributed by atoms with Crippen LogP contribution < -0.4 is 20.1 Å². The van der Waals surface area contributed by atoms with Crippen molar-refractivity contribution in [2.45, 2.75) is 18.9 Å². The quantitative estimate of drug-likeness (QED) is 0.653. The van der Waals surface area contributed by atoms with Crippen molar-refractivity contribution in [3.05, 3.63) is 64.5 Å². The summed E-state index contributed by atoms with van der Waals surface area (Å²) in [6.45, 7) is 0.446. The van der Waals surface area contributed by atoms with Crippen LogP contribution in [0.1, 0.15) is 28.3 Å². The normalized spacial score (nSPS) is 15.5. The number of hydrogen-bond acceptors (Lipinski definition) is 6. The summed E-state index contributed by atoms with van der Waals surface area (Å²) < 4.78 is 11.5. The summed E-state index contributed by atoms with van der Waals surface area (Å²) in [5, 5.41) is 6.70.